The van der Waals surface area contributed by atoms with Crippen LogP contribution in [-0.2, 0) is 9.59 Å². The second-order valence-electron chi connectivity index (χ2n) is 7.06. The second-order valence-corrected chi connectivity index (χ2v) is 7.06. The zero-order valence-corrected chi connectivity index (χ0v) is 13.1. The average molecular weight is 305 g/mol. The van der Waals surface area contributed by atoms with Crippen LogP contribution in [0, 0.1) is 0 Å². The molecule has 4 amide bonds. The van der Waals surface area contributed by atoms with Crippen LogP contribution in [0.1, 0.15) is 51.9 Å². The number of fused-ring (bicyclic) bond motifs is 1. The molecule has 0 spiro atoms. The summed E-state index contributed by atoms with van der Waals surface area (Å²) in [5, 5.41) is 0. The van der Waals surface area contributed by atoms with E-state index in [0.717, 1.165) is 32.1 Å². The Balaban J connectivity index is 1.61. The van der Waals surface area contributed by atoms with Crippen molar-refractivity contribution in [3.63, 3.8) is 0 Å². The third-order valence-electron chi connectivity index (χ3n) is 5.72. The molecule has 0 aromatic rings. The fourth-order valence-electron chi connectivity index (χ4n) is 4.55. The lowest BCUT2D eigenvalue weighted by Crippen LogP contribution is -2.48. The normalized spacial score (nSPS) is 35.0. The highest BCUT2D eigenvalue weighted by molar-refractivity contribution is 6.10. The minimum absolute atomic E-state index is 0.0166. The number of nitrogens with zero attached hydrogens (tertiary/aromatic N) is 3. The van der Waals surface area contributed by atoms with E-state index in [4.69, 9.17) is 0 Å². The van der Waals surface area contributed by atoms with Gasteiger partial charge in [0.1, 0.15) is 11.6 Å². The number of imide groups is 1. The van der Waals surface area contributed by atoms with Gasteiger partial charge in [-0.3, -0.25) is 9.59 Å². The topological polar surface area (TPSA) is 60.9 Å². The zero-order valence-electron chi connectivity index (χ0n) is 13.1. The van der Waals surface area contributed by atoms with Crippen molar-refractivity contribution in [2.24, 2.45) is 0 Å². The third-order valence-corrected chi connectivity index (χ3v) is 5.72. The minimum atomic E-state index is -0.654. The van der Waals surface area contributed by atoms with Gasteiger partial charge in [-0.05, 0) is 38.5 Å². The van der Waals surface area contributed by atoms with Gasteiger partial charge in [-0.1, -0.05) is 13.3 Å². The Morgan fingerprint density at radius 2 is 1.91 bits per heavy atom. The standard InChI is InChI=1S/C16H23N3O3/c1-2-7-16-8-3-9-18(16)15(22)19(14(16)21)12-6-10-17(13(12)20)11-4-5-11/h11-12H,2-10H2,1H3. The Morgan fingerprint density at radius 3 is 2.59 bits per heavy atom. The highest BCUT2D eigenvalue weighted by Gasteiger charge is 2.62. The van der Waals surface area contributed by atoms with Crippen LogP contribution in [0.5, 0.6) is 0 Å². The summed E-state index contributed by atoms with van der Waals surface area (Å²) in [7, 11) is 0. The summed E-state index contributed by atoms with van der Waals surface area (Å²) in [6.45, 7) is 3.38. The van der Waals surface area contributed by atoms with Crippen LogP contribution in [0.4, 0.5) is 4.79 Å². The molecule has 2 atom stereocenters. The maximum atomic E-state index is 13.0. The van der Waals surface area contributed by atoms with Crippen LogP contribution in [0.3, 0.4) is 0 Å². The van der Waals surface area contributed by atoms with Gasteiger partial charge in [0.25, 0.3) is 5.91 Å². The molecule has 22 heavy (non-hydrogen) atoms. The lowest BCUT2D eigenvalue weighted by atomic mass is 9.90. The molecule has 0 aromatic heterocycles. The minimum Gasteiger partial charge on any atom is -0.338 e. The van der Waals surface area contributed by atoms with Crippen LogP contribution in [0.2, 0.25) is 0 Å². The predicted octanol–water partition coefficient (Wildman–Crippen LogP) is 1.35. The van der Waals surface area contributed by atoms with Crippen molar-refractivity contribution in [1.82, 2.24) is 14.7 Å². The fourth-order valence-corrected chi connectivity index (χ4v) is 4.55. The summed E-state index contributed by atoms with van der Waals surface area (Å²) in [6, 6.07) is -0.429. The number of hydrogen-bond acceptors (Lipinski definition) is 3. The maximum absolute atomic E-state index is 13.0. The van der Waals surface area contributed by atoms with E-state index >= 15 is 0 Å². The summed E-state index contributed by atoms with van der Waals surface area (Å²) in [6.07, 6.45) is 5.94. The Bertz CT molecular complexity index is 545. The van der Waals surface area contributed by atoms with Crippen molar-refractivity contribution in [1.29, 1.82) is 0 Å². The molecule has 1 aliphatic carbocycles. The van der Waals surface area contributed by atoms with Crippen LogP contribution < -0.4 is 0 Å². The zero-order chi connectivity index (χ0) is 15.5. The van der Waals surface area contributed by atoms with Crippen molar-refractivity contribution in [2.75, 3.05) is 13.1 Å². The summed E-state index contributed by atoms with van der Waals surface area (Å²) in [4.78, 5) is 43.3. The monoisotopic (exact) mass is 305 g/mol. The Labute approximate surface area is 130 Å². The van der Waals surface area contributed by atoms with E-state index in [0.29, 0.717) is 32.0 Å². The quantitative estimate of drug-likeness (QED) is 0.737. The molecule has 0 N–H and O–H groups in total. The van der Waals surface area contributed by atoms with E-state index < -0.39 is 11.6 Å². The van der Waals surface area contributed by atoms with Gasteiger partial charge in [0.05, 0.1) is 0 Å². The van der Waals surface area contributed by atoms with E-state index in [1.165, 1.54) is 4.90 Å². The van der Waals surface area contributed by atoms with Gasteiger partial charge in [0.15, 0.2) is 0 Å². The smallest absolute Gasteiger partial charge is 0.328 e. The van der Waals surface area contributed by atoms with E-state index in [9.17, 15) is 14.4 Å². The van der Waals surface area contributed by atoms with E-state index in [2.05, 4.69) is 0 Å². The molecule has 0 radical (unpaired) electrons. The first-order chi connectivity index (χ1) is 10.6. The summed E-state index contributed by atoms with van der Waals surface area (Å²) in [5.41, 5.74) is -0.654. The average Bonchev–Trinajstić information content (AvgIpc) is 3.09. The Hall–Kier alpha value is -1.59. The van der Waals surface area contributed by atoms with Crippen LogP contribution >= 0.6 is 0 Å². The van der Waals surface area contributed by atoms with Crippen LogP contribution in [0.15, 0.2) is 0 Å². The molecule has 120 valence electrons. The van der Waals surface area contributed by atoms with Gasteiger partial charge < -0.3 is 9.80 Å². The van der Waals surface area contributed by atoms with Crippen molar-refractivity contribution < 1.29 is 14.4 Å². The van der Waals surface area contributed by atoms with Gasteiger partial charge in [0.2, 0.25) is 5.91 Å². The van der Waals surface area contributed by atoms with Crippen molar-refractivity contribution >= 4 is 17.8 Å². The van der Waals surface area contributed by atoms with Crippen LogP contribution in [-0.4, -0.2) is 63.3 Å². The molecule has 1 saturated carbocycles. The SMILES string of the molecule is CCCC12CCCN1C(=O)N(C1CCN(C3CC3)C1=O)C2=O. The first kappa shape index (κ1) is 14.0. The number of carbonyl (C=O) groups excluding carboxylic acids is 3. The molecule has 6 heteroatoms. The number of rotatable bonds is 4. The molecule has 3 heterocycles. The number of hydrogen-bond donors (Lipinski definition) is 0. The van der Waals surface area contributed by atoms with Gasteiger partial charge in [-0.25, -0.2) is 9.69 Å². The molecule has 6 nitrogen and oxygen atoms in total. The Kier molecular flexibility index (Phi) is 3.00. The highest BCUT2D eigenvalue weighted by atomic mass is 16.2. The fraction of sp³-hybridized carbons (Fsp3) is 0.812. The summed E-state index contributed by atoms with van der Waals surface area (Å²) in [5.74, 6) is -0.134. The number of urea groups is 1. The van der Waals surface area contributed by atoms with Gasteiger partial charge in [-0.2, -0.15) is 0 Å². The molecule has 4 fully saturated rings. The summed E-state index contributed by atoms with van der Waals surface area (Å²) >= 11 is 0. The molecule has 0 aromatic carbocycles. The second kappa shape index (κ2) is 4.70. The number of carbonyl (C=O) groups is 3. The highest BCUT2D eigenvalue weighted by Crippen LogP contribution is 2.43. The molecular weight excluding hydrogens is 282 g/mol. The molecule has 3 saturated heterocycles. The molecule has 4 aliphatic rings. The Morgan fingerprint density at radius 1 is 1.14 bits per heavy atom. The number of likely N-dealkylation sites (tertiary alicyclic amines) is 1. The van der Waals surface area contributed by atoms with Gasteiger partial charge in [0, 0.05) is 19.1 Å². The molecule has 0 bridgehead atoms. The summed E-state index contributed by atoms with van der Waals surface area (Å²) < 4.78 is 0. The number of amides is 4. The lowest BCUT2D eigenvalue weighted by molar-refractivity contribution is -0.140. The van der Waals surface area contributed by atoms with Crippen LogP contribution in [0.25, 0.3) is 0 Å². The van der Waals surface area contributed by atoms with Gasteiger partial charge >= 0.3 is 6.03 Å². The van der Waals surface area contributed by atoms with Crippen molar-refractivity contribution in [2.45, 2.75) is 69.5 Å². The van der Waals surface area contributed by atoms with E-state index in [1.807, 2.05) is 11.8 Å². The third kappa shape index (κ3) is 1.69. The predicted molar refractivity (Wildman–Crippen MR) is 79.0 cm³/mol. The first-order valence-electron chi connectivity index (χ1n) is 8.56. The maximum Gasteiger partial charge on any atom is 0.328 e. The van der Waals surface area contributed by atoms with Gasteiger partial charge in [-0.15, -0.1) is 0 Å². The molecule has 3 aliphatic heterocycles. The lowest BCUT2D eigenvalue weighted by Gasteiger charge is -2.27. The molecular formula is C16H23N3O3. The molecule has 4 rings (SSSR count). The largest absolute Gasteiger partial charge is 0.338 e. The first-order valence-corrected chi connectivity index (χ1v) is 8.56. The molecule has 2 unspecified atom stereocenters. The van der Waals surface area contributed by atoms with E-state index in [1.54, 1.807) is 4.90 Å². The van der Waals surface area contributed by atoms with Crippen molar-refractivity contribution in [3.8, 4) is 0 Å². The van der Waals surface area contributed by atoms with E-state index in [-0.39, 0.29) is 17.8 Å². The van der Waals surface area contributed by atoms with Crippen molar-refractivity contribution in [3.05, 3.63) is 0 Å².